The molecule has 0 saturated carbocycles. The average molecular weight is 257 g/mol. The standard InChI is InChI=1S/C7H16INO/c1-4-5-9(3)6-7(2)10-8/h7H,4-6H2,1-3H3. The van der Waals surface area contributed by atoms with E-state index in [-0.39, 0.29) is 0 Å². The fourth-order valence-electron chi connectivity index (χ4n) is 0.940. The molecule has 0 rings (SSSR count). The second kappa shape index (κ2) is 6.37. The molecule has 0 bridgehead atoms. The number of nitrogens with zero attached hydrogens (tertiary/aromatic N) is 1. The Hall–Kier alpha value is 0.650. The van der Waals surface area contributed by atoms with E-state index in [2.05, 4.69) is 25.8 Å². The van der Waals surface area contributed by atoms with E-state index in [1.165, 1.54) is 6.42 Å². The molecule has 0 aliphatic rings. The van der Waals surface area contributed by atoms with Crippen molar-refractivity contribution in [3.05, 3.63) is 0 Å². The van der Waals surface area contributed by atoms with Crippen molar-refractivity contribution in [1.82, 2.24) is 4.90 Å². The lowest BCUT2D eigenvalue weighted by Crippen LogP contribution is -2.28. The van der Waals surface area contributed by atoms with Crippen LogP contribution in [0.1, 0.15) is 20.3 Å². The normalized spacial score (nSPS) is 14.1. The molecule has 0 spiro atoms. The largest absolute Gasteiger partial charge is 0.311 e. The highest BCUT2D eigenvalue weighted by Gasteiger charge is 2.03. The van der Waals surface area contributed by atoms with E-state index in [9.17, 15) is 0 Å². The summed E-state index contributed by atoms with van der Waals surface area (Å²) < 4.78 is 5.10. The van der Waals surface area contributed by atoms with Gasteiger partial charge in [0.2, 0.25) is 0 Å². The molecule has 0 aromatic carbocycles. The zero-order chi connectivity index (χ0) is 7.98. The summed E-state index contributed by atoms with van der Waals surface area (Å²) in [5.41, 5.74) is 0. The van der Waals surface area contributed by atoms with Crippen molar-refractivity contribution >= 4 is 23.0 Å². The van der Waals surface area contributed by atoms with Gasteiger partial charge in [-0.15, -0.1) is 0 Å². The van der Waals surface area contributed by atoms with E-state index in [0.717, 1.165) is 13.1 Å². The van der Waals surface area contributed by atoms with Crippen molar-refractivity contribution in [2.75, 3.05) is 20.1 Å². The number of hydrogen-bond donors (Lipinski definition) is 0. The van der Waals surface area contributed by atoms with Gasteiger partial charge in [-0.3, -0.25) is 0 Å². The quantitative estimate of drug-likeness (QED) is 0.699. The van der Waals surface area contributed by atoms with Crippen LogP contribution in [0.4, 0.5) is 0 Å². The van der Waals surface area contributed by atoms with Crippen molar-refractivity contribution < 1.29 is 3.07 Å². The number of hydrogen-bond acceptors (Lipinski definition) is 2. The third-order valence-corrected chi connectivity index (χ3v) is 2.19. The van der Waals surface area contributed by atoms with Gasteiger partial charge in [0.05, 0.1) is 6.10 Å². The van der Waals surface area contributed by atoms with Crippen LogP contribution >= 0.6 is 23.0 Å². The molecule has 0 amide bonds. The van der Waals surface area contributed by atoms with Crippen LogP contribution in [-0.4, -0.2) is 31.1 Å². The summed E-state index contributed by atoms with van der Waals surface area (Å²) in [6, 6.07) is 0. The van der Waals surface area contributed by atoms with Crippen molar-refractivity contribution in [3.63, 3.8) is 0 Å². The Morgan fingerprint density at radius 2 is 2.20 bits per heavy atom. The van der Waals surface area contributed by atoms with Gasteiger partial charge in [0.25, 0.3) is 0 Å². The Balaban J connectivity index is 3.27. The zero-order valence-electron chi connectivity index (χ0n) is 6.93. The molecule has 3 heteroatoms. The maximum atomic E-state index is 5.10. The molecular formula is C7H16INO. The summed E-state index contributed by atoms with van der Waals surface area (Å²) >= 11 is 1.95. The Morgan fingerprint density at radius 1 is 1.60 bits per heavy atom. The second-order valence-corrected chi connectivity index (χ2v) is 3.17. The average Bonchev–Trinajstić information content (AvgIpc) is 1.88. The van der Waals surface area contributed by atoms with Gasteiger partial charge in [0, 0.05) is 6.54 Å². The van der Waals surface area contributed by atoms with Crippen LogP contribution in [-0.2, 0) is 3.07 Å². The minimum absolute atomic E-state index is 0.345. The van der Waals surface area contributed by atoms with Crippen LogP contribution in [0.2, 0.25) is 0 Å². The highest BCUT2D eigenvalue weighted by atomic mass is 127. The van der Waals surface area contributed by atoms with Crippen LogP contribution in [0.5, 0.6) is 0 Å². The monoisotopic (exact) mass is 257 g/mol. The molecule has 62 valence electrons. The lowest BCUT2D eigenvalue weighted by Gasteiger charge is -2.18. The predicted octanol–water partition coefficient (Wildman–Crippen LogP) is 2.08. The van der Waals surface area contributed by atoms with Crippen LogP contribution < -0.4 is 0 Å². The smallest absolute Gasteiger partial charge is 0.110 e. The van der Waals surface area contributed by atoms with Crippen molar-refractivity contribution in [2.45, 2.75) is 26.4 Å². The lowest BCUT2D eigenvalue weighted by molar-refractivity contribution is 0.210. The minimum atomic E-state index is 0.345. The molecule has 0 fully saturated rings. The molecule has 0 aliphatic heterocycles. The molecule has 0 aliphatic carbocycles. The first-order valence-corrected chi connectivity index (χ1v) is 4.54. The van der Waals surface area contributed by atoms with Crippen molar-refractivity contribution in [2.24, 2.45) is 0 Å². The summed E-state index contributed by atoms with van der Waals surface area (Å²) in [7, 11) is 2.12. The summed E-state index contributed by atoms with van der Waals surface area (Å²) in [5, 5.41) is 0. The molecule has 10 heavy (non-hydrogen) atoms. The van der Waals surface area contributed by atoms with E-state index < -0.39 is 0 Å². The van der Waals surface area contributed by atoms with Gasteiger partial charge in [-0.25, -0.2) is 0 Å². The van der Waals surface area contributed by atoms with Gasteiger partial charge in [0.15, 0.2) is 0 Å². The van der Waals surface area contributed by atoms with Crippen molar-refractivity contribution in [3.8, 4) is 0 Å². The van der Waals surface area contributed by atoms with Gasteiger partial charge >= 0.3 is 0 Å². The molecule has 2 nitrogen and oxygen atoms in total. The third kappa shape index (κ3) is 5.44. The summed E-state index contributed by atoms with van der Waals surface area (Å²) in [5.74, 6) is 0. The van der Waals surface area contributed by atoms with E-state index >= 15 is 0 Å². The van der Waals surface area contributed by atoms with Gasteiger partial charge in [-0.05, 0) is 26.9 Å². The fraction of sp³-hybridized carbons (Fsp3) is 1.00. The Morgan fingerprint density at radius 3 is 2.60 bits per heavy atom. The minimum Gasteiger partial charge on any atom is -0.311 e. The lowest BCUT2D eigenvalue weighted by atomic mass is 10.3. The maximum absolute atomic E-state index is 5.10. The van der Waals surface area contributed by atoms with Crippen LogP contribution in [0.3, 0.4) is 0 Å². The topological polar surface area (TPSA) is 12.5 Å². The number of rotatable bonds is 5. The first-order valence-electron chi connectivity index (χ1n) is 3.66. The SMILES string of the molecule is CCCN(C)CC(C)OI. The molecule has 1 atom stereocenters. The van der Waals surface area contributed by atoms with E-state index in [0.29, 0.717) is 6.10 Å². The predicted molar refractivity (Wildman–Crippen MR) is 52.4 cm³/mol. The Bertz CT molecular complexity index is 80.0. The van der Waals surface area contributed by atoms with E-state index in [4.69, 9.17) is 3.07 Å². The summed E-state index contributed by atoms with van der Waals surface area (Å²) in [4.78, 5) is 2.28. The summed E-state index contributed by atoms with van der Waals surface area (Å²) in [6.45, 7) is 6.45. The highest BCUT2D eigenvalue weighted by Crippen LogP contribution is 1.99. The van der Waals surface area contributed by atoms with Gasteiger partial charge in [0.1, 0.15) is 23.0 Å². The van der Waals surface area contributed by atoms with Crippen LogP contribution in [0, 0.1) is 0 Å². The van der Waals surface area contributed by atoms with Gasteiger partial charge < -0.3 is 7.97 Å². The number of likely N-dealkylation sites (N-methyl/N-ethyl adjacent to an activating group) is 1. The molecule has 0 heterocycles. The molecule has 1 unspecified atom stereocenters. The fourth-order valence-corrected chi connectivity index (χ4v) is 1.10. The maximum Gasteiger partial charge on any atom is 0.110 e. The Kier molecular flexibility index (Phi) is 6.78. The van der Waals surface area contributed by atoms with E-state index in [1.54, 1.807) is 0 Å². The van der Waals surface area contributed by atoms with Crippen molar-refractivity contribution in [1.29, 1.82) is 0 Å². The van der Waals surface area contributed by atoms with Crippen LogP contribution in [0.25, 0.3) is 0 Å². The summed E-state index contributed by atoms with van der Waals surface area (Å²) in [6.07, 6.45) is 1.56. The number of halogens is 1. The molecule has 0 aromatic rings. The molecule has 0 N–H and O–H groups in total. The second-order valence-electron chi connectivity index (χ2n) is 2.66. The Labute approximate surface area is 77.6 Å². The van der Waals surface area contributed by atoms with Gasteiger partial charge in [-0.1, -0.05) is 6.92 Å². The third-order valence-electron chi connectivity index (χ3n) is 1.33. The van der Waals surface area contributed by atoms with Crippen LogP contribution in [0.15, 0.2) is 0 Å². The van der Waals surface area contributed by atoms with E-state index in [1.807, 2.05) is 23.0 Å². The zero-order valence-corrected chi connectivity index (χ0v) is 9.09. The highest BCUT2D eigenvalue weighted by molar-refractivity contribution is 14.1. The first kappa shape index (κ1) is 10.7. The molecular weight excluding hydrogens is 241 g/mol. The van der Waals surface area contributed by atoms with Gasteiger partial charge in [-0.2, -0.15) is 0 Å². The molecule has 0 radical (unpaired) electrons. The molecule has 0 saturated heterocycles. The molecule has 0 aromatic heterocycles. The first-order chi connectivity index (χ1) is 4.70.